The first kappa shape index (κ1) is 14.7. The number of aryl methyl sites for hydroxylation is 1. The number of methoxy groups -OCH3 is 1. The second kappa shape index (κ2) is 6.19. The van der Waals surface area contributed by atoms with Gasteiger partial charge in [-0.05, 0) is 6.92 Å². The predicted octanol–water partition coefficient (Wildman–Crippen LogP) is 1.26. The van der Waals surface area contributed by atoms with E-state index in [9.17, 15) is 0 Å². The van der Waals surface area contributed by atoms with E-state index in [2.05, 4.69) is 10.5 Å². The third-order valence-corrected chi connectivity index (χ3v) is 4.14. The van der Waals surface area contributed by atoms with Gasteiger partial charge in [0, 0.05) is 39.7 Å². The van der Waals surface area contributed by atoms with Crippen molar-refractivity contribution in [3.05, 3.63) is 16.9 Å². The first-order valence-corrected chi connectivity index (χ1v) is 6.86. The zero-order valence-electron chi connectivity index (χ0n) is 11.4. The molecule has 3 N–H and O–H groups in total. The van der Waals surface area contributed by atoms with Crippen LogP contribution in [0, 0.1) is 0 Å². The first-order chi connectivity index (χ1) is 9.18. The summed E-state index contributed by atoms with van der Waals surface area (Å²) in [6.45, 7) is 4.06. The Balaban J connectivity index is 2.39. The minimum absolute atomic E-state index is 0.212. The molecule has 1 aromatic rings. The van der Waals surface area contributed by atoms with Gasteiger partial charge in [-0.15, -0.1) is 0 Å². The van der Waals surface area contributed by atoms with E-state index in [1.807, 2.05) is 11.6 Å². The highest BCUT2D eigenvalue weighted by atomic mass is 35.5. The smallest absolute Gasteiger partial charge is 0.0944 e. The van der Waals surface area contributed by atoms with E-state index in [1.165, 1.54) is 0 Å². The molecule has 108 valence electrons. The average Bonchev–Trinajstić information content (AvgIpc) is 2.82. The van der Waals surface area contributed by atoms with Crippen LogP contribution in [0.4, 0.5) is 0 Å². The third kappa shape index (κ3) is 2.64. The molecule has 1 atom stereocenters. The molecule has 0 aromatic carbocycles. The van der Waals surface area contributed by atoms with Crippen LogP contribution in [-0.2, 0) is 16.0 Å². The van der Waals surface area contributed by atoms with Crippen molar-refractivity contribution >= 4 is 11.6 Å². The van der Waals surface area contributed by atoms with Gasteiger partial charge in [-0.3, -0.25) is 10.5 Å². The lowest BCUT2D eigenvalue weighted by molar-refractivity contribution is -0.113. The van der Waals surface area contributed by atoms with Crippen LogP contribution in [0.1, 0.15) is 31.5 Å². The van der Waals surface area contributed by atoms with Gasteiger partial charge in [0.25, 0.3) is 0 Å². The maximum absolute atomic E-state index is 6.27. The minimum atomic E-state index is -0.413. The molecule has 1 unspecified atom stereocenters. The van der Waals surface area contributed by atoms with Gasteiger partial charge >= 0.3 is 0 Å². The molecule has 0 spiro atoms. The minimum Gasteiger partial charge on any atom is -0.381 e. The second-order valence-electron chi connectivity index (χ2n) is 4.67. The number of halogens is 1. The van der Waals surface area contributed by atoms with Gasteiger partial charge in [0.05, 0.1) is 28.6 Å². The fourth-order valence-corrected chi connectivity index (χ4v) is 2.97. The van der Waals surface area contributed by atoms with Crippen LogP contribution in [0.5, 0.6) is 0 Å². The Morgan fingerprint density at radius 2 is 2.32 bits per heavy atom. The van der Waals surface area contributed by atoms with Crippen molar-refractivity contribution in [3.8, 4) is 0 Å². The molecule has 1 aromatic heterocycles. The highest BCUT2D eigenvalue weighted by molar-refractivity contribution is 6.31. The Morgan fingerprint density at radius 3 is 2.84 bits per heavy atom. The van der Waals surface area contributed by atoms with E-state index in [0.717, 1.165) is 25.1 Å². The van der Waals surface area contributed by atoms with Crippen molar-refractivity contribution in [1.29, 1.82) is 0 Å². The Hall–Kier alpha value is -0.660. The zero-order chi connectivity index (χ0) is 13.9. The molecule has 1 fully saturated rings. The zero-order valence-corrected chi connectivity index (χ0v) is 12.1. The van der Waals surface area contributed by atoms with Crippen LogP contribution in [0.2, 0.25) is 5.02 Å². The Labute approximate surface area is 118 Å². The lowest BCUT2D eigenvalue weighted by Crippen LogP contribution is -2.52. The maximum Gasteiger partial charge on any atom is 0.0944 e. The fraction of sp³-hybridized carbons (Fsp3) is 0.750. The van der Waals surface area contributed by atoms with E-state index >= 15 is 0 Å². The van der Waals surface area contributed by atoms with Crippen LogP contribution < -0.4 is 11.3 Å². The summed E-state index contributed by atoms with van der Waals surface area (Å²) in [6.07, 6.45) is 3.18. The molecule has 2 heterocycles. The summed E-state index contributed by atoms with van der Waals surface area (Å²) in [5.41, 5.74) is 3.31. The number of aromatic nitrogens is 2. The van der Waals surface area contributed by atoms with Crippen LogP contribution in [0.3, 0.4) is 0 Å². The monoisotopic (exact) mass is 288 g/mol. The van der Waals surface area contributed by atoms with Crippen molar-refractivity contribution in [2.24, 2.45) is 5.84 Å². The van der Waals surface area contributed by atoms with Crippen LogP contribution in [0.25, 0.3) is 0 Å². The van der Waals surface area contributed by atoms with Crippen molar-refractivity contribution < 1.29 is 9.47 Å². The number of hydrogen-bond acceptors (Lipinski definition) is 5. The molecule has 2 rings (SSSR count). The van der Waals surface area contributed by atoms with Crippen molar-refractivity contribution in [2.45, 2.75) is 38.0 Å². The molecule has 0 aliphatic carbocycles. The first-order valence-electron chi connectivity index (χ1n) is 6.48. The third-order valence-electron chi connectivity index (χ3n) is 3.84. The molecule has 1 aliphatic heterocycles. The normalized spacial score (nSPS) is 20.4. The predicted molar refractivity (Wildman–Crippen MR) is 72.8 cm³/mol. The number of hydrazine groups is 1. The molecule has 7 heteroatoms. The van der Waals surface area contributed by atoms with Crippen LogP contribution in [-0.4, -0.2) is 35.7 Å². The van der Waals surface area contributed by atoms with Gasteiger partial charge in [-0.2, -0.15) is 5.10 Å². The lowest BCUT2D eigenvalue weighted by atomic mass is 9.84. The molecule has 0 radical (unpaired) electrons. The van der Waals surface area contributed by atoms with Gasteiger partial charge in [-0.25, -0.2) is 5.43 Å². The van der Waals surface area contributed by atoms with Gasteiger partial charge in [0.2, 0.25) is 0 Å². The molecular weight excluding hydrogens is 268 g/mol. The second-order valence-corrected chi connectivity index (χ2v) is 5.08. The summed E-state index contributed by atoms with van der Waals surface area (Å²) in [6, 6.07) is -0.212. The fourth-order valence-electron chi connectivity index (χ4n) is 2.72. The lowest BCUT2D eigenvalue weighted by Gasteiger charge is -2.42. The molecular formula is C12H21ClN4O2. The average molecular weight is 289 g/mol. The molecule has 6 nitrogen and oxygen atoms in total. The largest absolute Gasteiger partial charge is 0.381 e. The summed E-state index contributed by atoms with van der Waals surface area (Å²) in [4.78, 5) is 0. The van der Waals surface area contributed by atoms with Crippen molar-refractivity contribution in [1.82, 2.24) is 15.2 Å². The van der Waals surface area contributed by atoms with Gasteiger partial charge in [0.15, 0.2) is 0 Å². The molecule has 0 saturated carbocycles. The number of nitrogens with zero attached hydrogens (tertiary/aromatic N) is 2. The van der Waals surface area contributed by atoms with E-state index < -0.39 is 5.60 Å². The quantitative estimate of drug-likeness (QED) is 0.630. The van der Waals surface area contributed by atoms with Gasteiger partial charge in [0.1, 0.15) is 0 Å². The Kier molecular flexibility index (Phi) is 4.81. The number of nitrogens with one attached hydrogen (secondary N) is 1. The van der Waals surface area contributed by atoms with Gasteiger partial charge in [-0.1, -0.05) is 11.6 Å². The molecule has 1 aliphatic rings. The van der Waals surface area contributed by atoms with Crippen molar-refractivity contribution in [3.63, 3.8) is 0 Å². The summed E-state index contributed by atoms with van der Waals surface area (Å²) in [7, 11) is 1.70. The number of rotatable bonds is 5. The van der Waals surface area contributed by atoms with Crippen molar-refractivity contribution in [2.75, 3.05) is 20.3 Å². The number of ether oxygens (including phenoxy) is 2. The Bertz CT molecular complexity index is 418. The topological polar surface area (TPSA) is 74.3 Å². The standard InChI is InChI=1S/C12H21ClN4O2/c1-3-17-10(9(13)8-15-17)11(16-14)12(18-2)4-6-19-7-5-12/h8,11,16H,3-7,14H2,1-2H3. The summed E-state index contributed by atoms with van der Waals surface area (Å²) in [5.74, 6) is 5.78. The van der Waals surface area contributed by atoms with E-state index in [0.29, 0.717) is 18.2 Å². The Morgan fingerprint density at radius 1 is 1.63 bits per heavy atom. The van der Waals surface area contributed by atoms with E-state index in [1.54, 1.807) is 13.3 Å². The highest BCUT2D eigenvalue weighted by Gasteiger charge is 2.43. The molecule has 19 heavy (non-hydrogen) atoms. The maximum atomic E-state index is 6.27. The van der Waals surface area contributed by atoms with E-state index in [4.69, 9.17) is 26.9 Å². The molecule has 0 bridgehead atoms. The number of nitrogens with two attached hydrogens (primary N) is 1. The van der Waals surface area contributed by atoms with Gasteiger partial charge < -0.3 is 9.47 Å². The van der Waals surface area contributed by atoms with E-state index in [-0.39, 0.29) is 6.04 Å². The SMILES string of the molecule is CCn1ncc(Cl)c1C(NN)C1(OC)CCOCC1. The van der Waals surface area contributed by atoms with Crippen LogP contribution >= 0.6 is 11.6 Å². The summed E-state index contributed by atoms with van der Waals surface area (Å²) < 4.78 is 13.1. The highest BCUT2D eigenvalue weighted by Crippen LogP contribution is 2.39. The summed E-state index contributed by atoms with van der Waals surface area (Å²) in [5, 5.41) is 4.87. The molecule has 1 saturated heterocycles. The van der Waals surface area contributed by atoms with Crippen LogP contribution in [0.15, 0.2) is 6.20 Å². The molecule has 0 amide bonds. The summed E-state index contributed by atoms with van der Waals surface area (Å²) >= 11 is 6.27. The number of hydrogen-bond donors (Lipinski definition) is 2.